The van der Waals surface area contributed by atoms with Crippen molar-refractivity contribution in [3.8, 4) is 33.8 Å². The monoisotopic (exact) mass is 865 g/mol. The Kier molecular flexibility index (Phi) is 16.7. The van der Waals surface area contributed by atoms with E-state index in [9.17, 15) is 39.0 Å². The van der Waals surface area contributed by atoms with E-state index in [1.807, 2.05) is 24.3 Å². The van der Waals surface area contributed by atoms with Crippen LogP contribution in [0.25, 0.3) is 22.3 Å². The number of Topliss-reactive ketones (excluding diaryl/α,β-unsaturated/α-hetero) is 4. The van der Waals surface area contributed by atoms with Gasteiger partial charge in [-0.1, -0.05) is 80.4 Å². The molecule has 5 atom stereocenters. The van der Waals surface area contributed by atoms with Crippen molar-refractivity contribution in [2.45, 2.75) is 77.8 Å². The van der Waals surface area contributed by atoms with Gasteiger partial charge in [0.1, 0.15) is 29.9 Å². The van der Waals surface area contributed by atoms with Gasteiger partial charge in [-0.05, 0) is 91.4 Å². The molecule has 1 aliphatic heterocycles. The predicted molar refractivity (Wildman–Crippen MR) is 238 cm³/mol. The van der Waals surface area contributed by atoms with Crippen molar-refractivity contribution in [3.63, 3.8) is 0 Å². The van der Waals surface area contributed by atoms with E-state index in [0.717, 1.165) is 11.1 Å². The second kappa shape index (κ2) is 21.9. The Bertz CT molecular complexity index is 2260. The number of amides is 2. The molecule has 13 heteroatoms. The molecule has 62 heavy (non-hydrogen) atoms. The molecule has 2 amide bonds. The van der Waals surface area contributed by atoms with Crippen LogP contribution in [-0.2, 0) is 30.4 Å². The zero-order valence-electron chi connectivity index (χ0n) is 35.7. The van der Waals surface area contributed by atoms with Gasteiger partial charge in [-0.3, -0.25) is 28.8 Å². The average molecular weight is 866 g/mol. The van der Waals surface area contributed by atoms with Crippen LogP contribution >= 0.6 is 11.6 Å². The average Bonchev–Trinajstić information content (AvgIpc) is 3.25. The number of carbonyl (C=O) groups excluding carboxylic acids is 6. The summed E-state index contributed by atoms with van der Waals surface area (Å²) < 4.78 is 5.91. The molecule has 4 aromatic carbocycles. The summed E-state index contributed by atoms with van der Waals surface area (Å²) >= 11 is 6.06. The molecule has 0 radical (unpaired) electrons. The highest BCUT2D eigenvalue weighted by atomic mass is 35.5. The largest absolute Gasteiger partial charge is 0.507 e. The third-order valence-electron chi connectivity index (χ3n) is 11.5. The Morgan fingerprint density at radius 1 is 0.903 bits per heavy atom. The van der Waals surface area contributed by atoms with Crippen molar-refractivity contribution >= 4 is 46.5 Å². The Hall–Kier alpha value is -5.69. The van der Waals surface area contributed by atoms with Crippen LogP contribution in [0.5, 0.6) is 11.5 Å². The molecule has 5 rings (SSSR count). The number of unbranched alkanes of at least 4 members (excludes halogenated alkanes) is 1. The van der Waals surface area contributed by atoms with Crippen LogP contribution in [-0.4, -0.2) is 82.9 Å². The molecule has 0 fully saturated rings. The third kappa shape index (κ3) is 12.0. The van der Waals surface area contributed by atoms with Crippen LogP contribution in [0.15, 0.2) is 84.9 Å². The minimum Gasteiger partial charge on any atom is -0.507 e. The number of rotatable bonds is 17. The van der Waals surface area contributed by atoms with Crippen molar-refractivity contribution in [1.29, 1.82) is 0 Å². The first kappa shape index (κ1) is 47.4. The number of hydrogen-bond acceptors (Lipinski definition) is 10. The number of fused-ring (bicyclic) bond motifs is 5. The van der Waals surface area contributed by atoms with Crippen molar-refractivity contribution in [2.75, 3.05) is 26.8 Å². The van der Waals surface area contributed by atoms with Crippen molar-refractivity contribution < 1.29 is 43.7 Å². The summed E-state index contributed by atoms with van der Waals surface area (Å²) in [5.41, 5.74) is 9.65. The van der Waals surface area contributed by atoms with E-state index in [4.69, 9.17) is 22.1 Å². The standard InChI is InChI=1S/C49H56ClN3O9/c1-29(31(3)55)23-44(58)41-26-32-8-18-42(56)39(25-32)40-27-36(15-19-46(40)62-22-21-54)47(45(59)24-30(2)48(60)52-41)53(4)49(61)37(7-5-6-20-51)28-43(57)35-11-9-33(10-12-35)34-13-16-38(50)17-14-34/h8-19,25,27,29-30,37,41,47,54,56H,5-7,20-24,26,28,51H2,1-4H3,(H,52,60)/t29-,30-,37-,41+,47+/m1/s1. The summed E-state index contributed by atoms with van der Waals surface area (Å²) in [7, 11) is 1.50. The highest BCUT2D eigenvalue weighted by Gasteiger charge is 2.36. The van der Waals surface area contributed by atoms with E-state index in [-0.39, 0.29) is 73.3 Å². The normalized spacial score (nSPS) is 17.6. The molecule has 1 aliphatic rings. The topological polar surface area (TPSA) is 193 Å². The number of nitrogens with zero attached hydrogens (tertiary/aromatic N) is 1. The molecule has 4 bridgehead atoms. The van der Waals surface area contributed by atoms with Gasteiger partial charge in [0.2, 0.25) is 11.8 Å². The van der Waals surface area contributed by atoms with E-state index in [0.29, 0.717) is 53.1 Å². The maximum atomic E-state index is 14.7. The lowest BCUT2D eigenvalue weighted by molar-refractivity contribution is -0.142. The summed E-state index contributed by atoms with van der Waals surface area (Å²) in [4.78, 5) is 84.1. The second-order valence-electron chi connectivity index (χ2n) is 16.2. The number of phenolic OH excluding ortho intramolecular Hbond substituents is 1. The van der Waals surface area contributed by atoms with E-state index < -0.39 is 47.4 Å². The number of carbonyl (C=O) groups is 6. The van der Waals surface area contributed by atoms with Gasteiger partial charge < -0.3 is 30.9 Å². The molecule has 0 saturated carbocycles. The zero-order chi connectivity index (χ0) is 45.1. The maximum absolute atomic E-state index is 14.7. The molecule has 0 aromatic heterocycles. The molecule has 0 spiro atoms. The number of aliphatic hydroxyl groups excluding tert-OH is 1. The first-order valence-electron chi connectivity index (χ1n) is 21.0. The number of halogens is 1. The van der Waals surface area contributed by atoms with Crippen LogP contribution in [0.2, 0.25) is 5.02 Å². The fourth-order valence-electron chi connectivity index (χ4n) is 7.75. The minimum atomic E-state index is -1.25. The fourth-order valence-corrected chi connectivity index (χ4v) is 7.87. The van der Waals surface area contributed by atoms with Gasteiger partial charge in [0.25, 0.3) is 0 Å². The van der Waals surface area contributed by atoms with Gasteiger partial charge in [-0.2, -0.15) is 0 Å². The number of phenols is 1. The maximum Gasteiger partial charge on any atom is 0.226 e. The molecular formula is C49H56ClN3O9. The highest BCUT2D eigenvalue weighted by Crippen LogP contribution is 2.40. The van der Waals surface area contributed by atoms with Crippen LogP contribution in [0, 0.1) is 17.8 Å². The van der Waals surface area contributed by atoms with Crippen LogP contribution < -0.4 is 15.8 Å². The lowest BCUT2D eigenvalue weighted by Gasteiger charge is -2.32. The first-order chi connectivity index (χ1) is 29.6. The van der Waals surface area contributed by atoms with Gasteiger partial charge in [-0.15, -0.1) is 0 Å². The van der Waals surface area contributed by atoms with Crippen molar-refractivity contribution in [2.24, 2.45) is 23.5 Å². The van der Waals surface area contributed by atoms with Crippen molar-refractivity contribution in [3.05, 3.63) is 107 Å². The summed E-state index contributed by atoms with van der Waals surface area (Å²) in [5, 5.41) is 24.3. The summed E-state index contributed by atoms with van der Waals surface area (Å²) in [6.45, 7) is 4.62. The summed E-state index contributed by atoms with van der Waals surface area (Å²) in [5.74, 6) is -4.50. The molecule has 0 unspecified atom stereocenters. The number of benzene rings is 4. The highest BCUT2D eigenvalue weighted by molar-refractivity contribution is 6.30. The number of hydrogen-bond donors (Lipinski definition) is 4. The van der Waals surface area contributed by atoms with E-state index in [1.54, 1.807) is 68.4 Å². The molecule has 1 heterocycles. The molecule has 5 N–H and O–H groups in total. The number of aromatic hydroxyl groups is 1. The third-order valence-corrected chi connectivity index (χ3v) is 11.8. The van der Waals surface area contributed by atoms with E-state index >= 15 is 0 Å². The zero-order valence-corrected chi connectivity index (χ0v) is 36.5. The van der Waals surface area contributed by atoms with E-state index in [1.165, 1.54) is 24.9 Å². The number of ether oxygens (including phenoxy) is 1. The Morgan fingerprint density at radius 3 is 2.23 bits per heavy atom. The Balaban J connectivity index is 1.54. The second-order valence-corrected chi connectivity index (χ2v) is 16.7. The fraction of sp³-hybridized carbons (Fsp3) is 0.388. The summed E-state index contributed by atoms with van der Waals surface area (Å²) in [6.07, 6.45) is 0.971. The SMILES string of the molecule is CC(=O)[C@H](C)CC(=O)[C@@H]1Cc2ccc(O)c(c2)-c2cc(ccc2OCCO)[C@H](N(C)C(=O)[C@H](CCCCN)CC(=O)c2ccc(-c3ccc(Cl)cc3)cc2)C(=O)C[C@@H](C)C(=O)N1. The molecular weight excluding hydrogens is 810 g/mol. The number of nitrogens with two attached hydrogens (primary N) is 1. The van der Waals surface area contributed by atoms with Gasteiger partial charge in [0, 0.05) is 65.8 Å². The molecule has 12 nitrogen and oxygen atoms in total. The summed E-state index contributed by atoms with van der Waals surface area (Å²) in [6, 6.07) is 21.8. The lowest BCUT2D eigenvalue weighted by atomic mass is 9.87. The Morgan fingerprint density at radius 2 is 1.58 bits per heavy atom. The molecule has 328 valence electrons. The number of ketones is 4. The smallest absolute Gasteiger partial charge is 0.226 e. The predicted octanol–water partition coefficient (Wildman–Crippen LogP) is 7.09. The lowest BCUT2D eigenvalue weighted by Crippen LogP contribution is -2.46. The number of aliphatic hydroxyl groups is 1. The number of likely N-dealkylation sites (N-methyl/N-ethyl adjacent to an activating group) is 1. The first-order valence-corrected chi connectivity index (χ1v) is 21.4. The van der Waals surface area contributed by atoms with Crippen molar-refractivity contribution in [1.82, 2.24) is 10.2 Å². The minimum absolute atomic E-state index is 0.0340. The number of nitrogens with one attached hydrogen (secondary N) is 1. The van der Waals surface area contributed by atoms with Gasteiger partial charge in [0.15, 0.2) is 17.3 Å². The van der Waals surface area contributed by atoms with Gasteiger partial charge in [-0.25, -0.2) is 0 Å². The Labute approximate surface area is 367 Å². The molecule has 0 saturated heterocycles. The van der Waals surface area contributed by atoms with Crippen LogP contribution in [0.1, 0.15) is 86.8 Å². The quantitative estimate of drug-likeness (QED) is 0.0629. The van der Waals surface area contributed by atoms with Crippen LogP contribution in [0.4, 0.5) is 0 Å². The molecule has 4 aromatic rings. The van der Waals surface area contributed by atoms with Gasteiger partial charge >= 0.3 is 0 Å². The van der Waals surface area contributed by atoms with E-state index in [2.05, 4.69) is 5.32 Å². The van der Waals surface area contributed by atoms with Gasteiger partial charge in [0.05, 0.1) is 12.6 Å². The van der Waals surface area contributed by atoms with Crippen LogP contribution in [0.3, 0.4) is 0 Å². The molecule has 0 aliphatic carbocycles.